The molecule has 1 unspecified atom stereocenters. The molecule has 31 heavy (non-hydrogen) atoms. The number of ether oxygens (including phenoxy) is 1. The van der Waals surface area contributed by atoms with Gasteiger partial charge in [0.1, 0.15) is 29.1 Å². The van der Waals surface area contributed by atoms with Gasteiger partial charge in [0, 0.05) is 15.7 Å². The third kappa shape index (κ3) is 3.65. The van der Waals surface area contributed by atoms with Gasteiger partial charge in [0.05, 0.1) is 12.7 Å². The van der Waals surface area contributed by atoms with Gasteiger partial charge in [-0.1, -0.05) is 15.9 Å². The van der Waals surface area contributed by atoms with Crippen LogP contribution in [0.4, 0.5) is 5.69 Å². The zero-order chi connectivity index (χ0) is 22.3. The van der Waals surface area contributed by atoms with Crippen molar-refractivity contribution in [3.8, 4) is 5.75 Å². The largest absolute Gasteiger partial charge is 0.507 e. The number of Topliss-reactive ketones (excluding diaryl/α,β-unsaturated/α-hetero) is 1. The molecule has 1 aliphatic heterocycles. The second-order valence-corrected chi connectivity index (χ2v) is 8.19. The van der Waals surface area contributed by atoms with Crippen LogP contribution in [0.25, 0.3) is 5.76 Å². The monoisotopic (exact) mass is 481 g/mol. The minimum absolute atomic E-state index is 0.0214. The average Bonchev–Trinajstić information content (AvgIpc) is 3.29. The van der Waals surface area contributed by atoms with E-state index in [0.717, 1.165) is 10.0 Å². The van der Waals surface area contributed by atoms with Crippen molar-refractivity contribution in [2.75, 3.05) is 12.0 Å². The minimum atomic E-state index is -0.891. The minimum Gasteiger partial charge on any atom is -0.507 e. The van der Waals surface area contributed by atoms with Gasteiger partial charge in [0.25, 0.3) is 11.7 Å². The molecule has 1 aromatic heterocycles. The summed E-state index contributed by atoms with van der Waals surface area (Å²) in [6.45, 7) is 3.62. The number of amides is 1. The van der Waals surface area contributed by atoms with Crippen LogP contribution in [0.5, 0.6) is 5.75 Å². The van der Waals surface area contributed by atoms with Gasteiger partial charge in [-0.05, 0) is 74.0 Å². The number of aliphatic hydroxyl groups is 1. The van der Waals surface area contributed by atoms with E-state index in [0.29, 0.717) is 28.5 Å². The Morgan fingerprint density at radius 1 is 1.06 bits per heavy atom. The molecule has 1 atom stereocenters. The van der Waals surface area contributed by atoms with E-state index in [-0.39, 0.29) is 11.3 Å². The Morgan fingerprint density at radius 3 is 2.35 bits per heavy atom. The van der Waals surface area contributed by atoms with Gasteiger partial charge in [0.15, 0.2) is 0 Å². The third-order valence-electron chi connectivity index (χ3n) is 5.25. The number of methoxy groups -OCH3 is 1. The molecule has 0 spiro atoms. The van der Waals surface area contributed by atoms with Crippen molar-refractivity contribution in [2.45, 2.75) is 19.9 Å². The summed E-state index contributed by atoms with van der Waals surface area (Å²) in [5.74, 6) is -0.0722. The predicted molar refractivity (Wildman–Crippen MR) is 120 cm³/mol. The first kappa shape index (κ1) is 20.9. The van der Waals surface area contributed by atoms with Gasteiger partial charge in [-0.2, -0.15) is 0 Å². The number of carbonyl (C=O) groups is 2. The molecule has 2 heterocycles. The van der Waals surface area contributed by atoms with Crippen molar-refractivity contribution < 1.29 is 23.8 Å². The number of carbonyl (C=O) groups excluding carboxylic acids is 2. The topological polar surface area (TPSA) is 80.0 Å². The molecule has 1 saturated heterocycles. The Hall–Kier alpha value is -3.32. The number of nitrogens with zero attached hydrogens (tertiary/aromatic N) is 1. The van der Waals surface area contributed by atoms with Crippen LogP contribution in [-0.4, -0.2) is 23.9 Å². The van der Waals surface area contributed by atoms with Crippen LogP contribution in [0.15, 0.2) is 69.1 Å². The van der Waals surface area contributed by atoms with E-state index in [4.69, 9.17) is 9.15 Å². The molecule has 1 N–H and O–H groups in total. The van der Waals surface area contributed by atoms with Gasteiger partial charge in [-0.15, -0.1) is 0 Å². The number of ketones is 1. The van der Waals surface area contributed by atoms with Gasteiger partial charge >= 0.3 is 0 Å². The summed E-state index contributed by atoms with van der Waals surface area (Å²) in [5.41, 5.74) is 1.71. The molecular weight excluding hydrogens is 462 g/mol. The smallest absolute Gasteiger partial charge is 0.300 e. The summed E-state index contributed by atoms with van der Waals surface area (Å²) in [6.07, 6.45) is 0. The molecule has 0 saturated carbocycles. The zero-order valence-corrected chi connectivity index (χ0v) is 18.8. The molecule has 0 radical (unpaired) electrons. The molecular formula is C24H20BrNO5. The summed E-state index contributed by atoms with van der Waals surface area (Å²) < 4.78 is 11.9. The van der Waals surface area contributed by atoms with Crippen molar-refractivity contribution in [1.29, 1.82) is 0 Å². The highest BCUT2D eigenvalue weighted by Crippen LogP contribution is 2.43. The van der Waals surface area contributed by atoms with Gasteiger partial charge < -0.3 is 14.3 Å². The zero-order valence-electron chi connectivity index (χ0n) is 17.2. The van der Waals surface area contributed by atoms with Crippen molar-refractivity contribution in [1.82, 2.24) is 0 Å². The maximum atomic E-state index is 13.1. The van der Waals surface area contributed by atoms with Crippen molar-refractivity contribution >= 4 is 39.1 Å². The van der Waals surface area contributed by atoms with Crippen molar-refractivity contribution in [3.63, 3.8) is 0 Å². The molecule has 1 aliphatic rings. The Balaban J connectivity index is 1.92. The number of aryl methyl sites for hydroxylation is 2. The van der Waals surface area contributed by atoms with E-state index in [1.54, 1.807) is 68.6 Å². The molecule has 0 aliphatic carbocycles. The number of anilines is 1. The second-order valence-electron chi connectivity index (χ2n) is 7.28. The van der Waals surface area contributed by atoms with Crippen LogP contribution in [0.1, 0.15) is 28.7 Å². The van der Waals surface area contributed by atoms with E-state index in [9.17, 15) is 14.7 Å². The lowest BCUT2D eigenvalue weighted by Crippen LogP contribution is -2.29. The summed E-state index contributed by atoms with van der Waals surface area (Å²) in [5, 5.41) is 11.1. The fourth-order valence-corrected chi connectivity index (χ4v) is 4.02. The molecule has 0 bridgehead atoms. The number of hydrogen-bond acceptors (Lipinski definition) is 5. The van der Waals surface area contributed by atoms with Crippen LogP contribution in [0.2, 0.25) is 0 Å². The highest BCUT2D eigenvalue weighted by molar-refractivity contribution is 9.10. The summed E-state index contributed by atoms with van der Waals surface area (Å²) in [6, 6.07) is 14.7. The quantitative estimate of drug-likeness (QED) is 0.311. The van der Waals surface area contributed by atoms with E-state index in [1.165, 1.54) is 4.90 Å². The predicted octanol–water partition coefficient (Wildman–Crippen LogP) is 5.29. The molecule has 6 nitrogen and oxygen atoms in total. The molecule has 1 amide bonds. The van der Waals surface area contributed by atoms with Crippen LogP contribution < -0.4 is 9.64 Å². The standard InChI is InChI=1S/C24H20BrNO5/c1-13-12-15(5-11-18(13)30-3)22(27)20-21(19-10-4-14(2)31-19)26(24(29)23(20)28)17-8-6-16(25)7-9-17/h4-12,21,27H,1-3H3/b22-20-. The first-order valence-corrected chi connectivity index (χ1v) is 10.4. The van der Waals surface area contributed by atoms with Crippen LogP contribution >= 0.6 is 15.9 Å². The fraction of sp³-hybridized carbons (Fsp3) is 0.167. The first-order valence-electron chi connectivity index (χ1n) is 9.59. The molecule has 1 fully saturated rings. The van der Waals surface area contributed by atoms with E-state index < -0.39 is 17.7 Å². The lowest BCUT2D eigenvalue weighted by Gasteiger charge is -2.23. The van der Waals surface area contributed by atoms with Gasteiger partial charge in [-0.25, -0.2) is 0 Å². The summed E-state index contributed by atoms with van der Waals surface area (Å²) in [4.78, 5) is 27.5. The normalized spacial score (nSPS) is 17.9. The number of aliphatic hydroxyl groups excluding tert-OH is 1. The molecule has 7 heteroatoms. The Kier molecular flexibility index (Phi) is 5.45. The highest BCUT2D eigenvalue weighted by Gasteiger charge is 2.48. The lowest BCUT2D eigenvalue weighted by atomic mass is 9.98. The molecule has 2 aromatic carbocycles. The molecule has 3 aromatic rings. The van der Waals surface area contributed by atoms with Crippen LogP contribution in [0, 0.1) is 13.8 Å². The maximum absolute atomic E-state index is 13.1. The maximum Gasteiger partial charge on any atom is 0.300 e. The summed E-state index contributed by atoms with van der Waals surface area (Å²) >= 11 is 3.38. The van der Waals surface area contributed by atoms with E-state index in [2.05, 4.69) is 15.9 Å². The average molecular weight is 482 g/mol. The summed E-state index contributed by atoms with van der Waals surface area (Å²) in [7, 11) is 1.56. The van der Waals surface area contributed by atoms with Crippen molar-refractivity contribution in [2.24, 2.45) is 0 Å². The SMILES string of the molecule is COc1ccc(/C(O)=C2/C(=O)C(=O)N(c3ccc(Br)cc3)C2c2ccc(C)o2)cc1C. The number of rotatable bonds is 4. The molecule has 158 valence electrons. The second kappa shape index (κ2) is 8.07. The Morgan fingerprint density at radius 2 is 1.77 bits per heavy atom. The van der Waals surface area contributed by atoms with Gasteiger partial charge in [-0.3, -0.25) is 14.5 Å². The number of halogens is 1. The molecule has 4 rings (SSSR count). The van der Waals surface area contributed by atoms with Crippen LogP contribution in [0.3, 0.4) is 0 Å². The Labute approximate surface area is 187 Å². The first-order chi connectivity index (χ1) is 14.8. The fourth-order valence-electron chi connectivity index (χ4n) is 3.75. The third-order valence-corrected chi connectivity index (χ3v) is 5.78. The lowest BCUT2D eigenvalue weighted by molar-refractivity contribution is -0.132. The van der Waals surface area contributed by atoms with E-state index in [1.807, 2.05) is 6.92 Å². The Bertz CT molecular complexity index is 1210. The number of benzene rings is 2. The van der Waals surface area contributed by atoms with E-state index >= 15 is 0 Å². The highest BCUT2D eigenvalue weighted by atomic mass is 79.9. The van der Waals surface area contributed by atoms with Gasteiger partial charge in [0.2, 0.25) is 0 Å². The number of furan rings is 1. The number of hydrogen-bond donors (Lipinski definition) is 1. The van der Waals surface area contributed by atoms with Crippen molar-refractivity contribution in [3.05, 3.63) is 87.3 Å². The van der Waals surface area contributed by atoms with Crippen LogP contribution in [-0.2, 0) is 9.59 Å².